The van der Waals surface area contributed by atoms with E-state index in [1.807, 2.05) is 13.8 Å². The highest BCUT2D eigenvalue weighted by atomic mass is 32.2. The third-order valence-electron chi connectivity index (χ3n) is 3.08. The molecule has 0 radical (unpaired) electrons. The lowest BCUT2D eigenvalue weighted by Crippen LogP contribution is -2.32. The number of nitrogens with zero attached hydrogens (tertiary/aromatic N) is 1. The standard InChI is InChI=1S/C16H26N2O3S/c1-5-11-18(12-6-2)16(19)14-7-9-15(10-8-14)22(20,21)17-13(3)4/h7-10,13,17H,5-6,11-12H2,1-4H3. The molecule has 1 amide bonds. The van der Waals surface area contributed by atoms with Crippen molar-refractivity contribution in [1.29, 1.82) is 0 Å². The molecule has 6 heteroatoms. The van der Waals surface area contributed by atoms with Gasteiger partial charge in [0.05, 0.1) is 4.90 Å². The van der Waals surface area contributed by atoms with Gasteiger partial charge in [-0.3, -0.25) is 4.79 Å². The fraction of sp³-hybridized carbons (Fsp3) is 0.562. The van der Waals surface area contributed by atoms with Crippen LogP contribution in [0.1, 0.15) is 50.9 Å². The molecule has 5 nitrogen and oxygen atoms in total. The van der Waals surface area contributed by atoms with Crippen LogP contribution < -0.4 is 4.72 Å². The lowest BCUT2D eigenvalue weighted by Gasteiger charge is -2.21. The first-order chi connectivity index (χ1) is 10.3. The summed E-state index contributed by atoms with van der Waals surface area (Å²) in [4.78, 5) is 14.4. The predicted octanol–water partition coefficient (Wildman–Crippen LogP) is 2.64. The third-order valence-corrected chi connectivity index (χ3v) is 4.75. The van der Waals surface area contributed by atoms with Crippen molar-refractivity contribution < 1.29 is 13.2 Å². The van der Waals surface area contributed by atoms with Crippen LogP contribution in [0.25, 0.3) is 0 Å². The molecule has 0 heterocycles. The maximum absolute atomic E-state index is 12.4. The maximum Gasteiger partial charge on any atom is 0.253 e. The summed E-state index contributed by atoms with van der Waals surface area (Å²) in [5.74, 6) is -0.0514. The molecule has 1 aromatic carbocycles. The monoisotopic (exact) mass is 326 g/mol. The zero-order valence-corrected chi connectivity index (χ0v) is 14.6. The van der Waals surface area contributed by atoms with Crippen LogP contribution in [0.5, 0.6) is 0 Å². The van der Waals surface area contributed by atoms with Crippen LogP contribution in [0.3, 0.4) is 0 Å². The minimum absolute atomic E-state index is 0.0514. The van der Waals surface area contributed by atoms with Gasteiger partial charge in [-0.05, 0) is 51.0 Å². The SMILES string of the molecule is CCCN(CCC)C(=O)c1ccc(S(=O)(=O)NC(C)C)cc1. The van der Waals surface area contributed by atoms with Gasteiger partial charge in [0.25, 0.3) is 5.91 Å². The van der Waals surface area contributed by atoms with Crippen LogP contribution in [0.2, 0.25) is 0 Å². The summed E-state index contributed by atoms with van der Waals surface area (Å²) >= 11 is 0. The quantitative estimate of drug-likeness (QED) is 0.798. The van der Waals surface area contributed by atoms with Crippen LogP contribution in [0.15, 0.2) is 29.2 Å². The summed E-state index contributed by atoms with van der Waals surface area (Å²) in [6, 6.07) is 5.95. The van der Waals surface area contributed by atoms with Crippen molar-refractivity contribution in [2.24, 2.45) is 0 Å². The number of hydrogen-bond donors (Lipinski definition) is 1. The van der Waals surface area contributed by atoms with Gasteiger partial charge in [-0.1, -0.05) is 13.8 Å². The smallest absolute Gasteiger partial charge is 0.253 e. The average molecular weight is 326 g/mol. The highest BCUT2D eigenvalue weighted by Crippen LogP contribution is 2.13. The fourth-order valence-corrected chi connectivity index (χ4v) is 3.44. The molecule has 0 spiro atoms. The van der Waals surface area contributed by atoms with Crippen molar-refractivity contribution in [2.75, 3.05) is 13.1 Å². The first kappa shape index (κ1) is 18.6. The molecule has 0 aliphatic carbocycles. The van der Waals surface area contributed by atoms with Crippen LogP contribution in [-0.2, 0) is 10.0 Å². The van der Waals surface area contributed by atoms with E-state index in [2.05, 4.69) is 4.72 Å². The van der Waals surface area contributed by atoms with E-state index in [0.717, 1.165) is 12.8 Å². The lowest BCUT2D eigenvalue weighted by molar-refractivity contribution is 0.0755. The second-order valence-corrected chi connectivity index (χ2v) is 7.31. The van der Waals surface area contributed by atoms with Crippen LogP contribution in [-0.4, -0.2) is 38.4 Å². The highest BCUT2D eigenvalue weighted by molar-refractivity contribution is 7.89. The summed E-state index contributed by atoms with van der Waals surface area (Å²) < 4.78 is 26.6. The van der Waals surface area contributed by atoms with Gasteiger partial charge in [0.15, 0.2) is 0 Å². The van der Waals surface area contributed by atoms with Crippen molar-refractivity contribution in [2.45, 2.75) is 51.5 Å². The molecule has 22 heavy (non-hydrogen) atoms. The fourth-order valence-electron chi connectivity index (χ4n) is 2.19. The van der Waals surface area contributed by atoms with Gasteiger partial charge in [-0.15, -0.1) is 0 Å². The van der Waals surface area contributed by atoms with E-state index >= 15 is 0 Å². The van der Waals surface area contributed by atoms with Crippen molar-refractivity contribution in [1.82, 2.24) is 9.62 Å². The Morgan fingerprint density at radius 1 is 1.09 bits per heavy atom. The van der Waals surface area contributed by atoms with E-state index in [1.165, 1.54) is 12.1 Å². The number of rotatable bonds is 8. The van der Waals surface area contributed by atoms with E-state index in [4.69, 9.17) is 0 Å². The van der Waals surface area contributed by atoms with E-state index in [0.29, 0.717) is 18.7 Å². The van der Waals surface area contributed by atoms with Gasteiger partial charge in [0.2, 0.25) is 10.0 Å². The molecule has 0 bridgehead atoms. The van der Waals surface area contributed by atoms with Crippen molar-refractivity contribution in [3.8, 4) is 0 Å². The van der Waals surface area contributed by atoms with Gasteiger partial charge in [-0.25, -0.2) is 13.1 Å². The van der Waals surface area contributed by atoms with E-state index in [-0.39, 0.29) is 16.8 Å². The zero-order valence-electron chi connectivity index (χ0n) is 13.8. The summed E-state index contributed by atoms with van der Waals surface area (Å²) in [6.45, 7) is 9.02. The Labute approximate surface area is 133 Å². The Morgan fingerprint density at radius 2 is 1.59 bits per heavy atom. The number of sulfonamides is 1. The Morgan fingerprint density at radius 3 is 2.00 bits per heavy atom. The predicted molar refractivity (Wildman–Crippen MR) is 88.4 cm³/mol. The first-order valence-electron chi connectivity index (χ1n) is 7.73. The molecule has 1 aromatic rings. The Kier molecular flexibility index (Phi) is 7.03. The topological polar surface area (TPSA) is 66.5 Å². The number of nitrogens with one attached hydrogen (secondary N) is 1. The van der Waals surface area contributed by atoms with E-state index < -0.39 is 10.0 Å². The Bertz CT molecular complexity index is 574. The lowest BCUT2D eigenvalue weighted by atomic mass is 10.2. The number of benzene rings is 1. The average Bonchev–Trinajstić information content (AvgIpc) is 2.45. The van der Waals surface area contributed by atoms with Crippen molar-refractivity contribution in [3.63, 3.8) is 0 Å². The minimum atomic E-state index is -3.52. The molecule has 1 rings (SSSR count). The summed E-state index contributed by atoms with van der Waals surface area (Å²) in [5, 5.41) is 0. The van der Waals surface area contributed by atoms with E-state index in [9.17, 15) is 13.2 Å². The van der Waals surface area contributed by atoms with Crippen molar-refractivity contribution in [3.05, 3.63) is 29.8 Å². The summed E-state index contributed by atoms with van der Waals surface area (Å²) in [7, 11) is -3.52. The molecular formula is C16H26N2O3S. The van der Waals surface area contributed by atoms with Crippen LogP contribution in [0, 0.1) is 0 Å². The molecule has 0 aliphatic heterocycles. The molecule has 0 unspecified atom stereocenters. The Hall–Kier alpha value is -1.40. The molecule has 0 saturated carbocycles. The molecule has 0 aliphatic rings. The number of carbonyl (C=O) groups is 1. The van der Waals surface area contributed by atoms with Crippen LogP contribution >= 0.6 is 0 Å². The van der Waals surface area contributed by atoms with Gasteiger partial charge in [-0.2, -0.15) is 0 Å². The zero-order chi connectivity index (χ0) is 16.8. The van der Waals surface area contributed by atoms with Gasteiger partial charge in [0.1, 0.15) is 0 Å². The van der Waals surface area contributed by atoms with Gasteiger partial charge < -0.3 is 4.90 Å². The largest absolute Gasteiger partial charge is 0.339 e. The van der Waals surface area contributed by atoms with Crippen LogP contribution in [0.4, 0.5) is 0 Å². The number of hydrogen-bond acceptors (Lipinski definition) is 3. The molecular weight excluding hydrogens is 300 g/mol. The molecule has 0 atom stereocenters. The normalized spacial score (nSPS) is 11.7. The Balaban J connectivity index is 2.94. The molecule has 0 fully saturated rings. The van der Waals surface area contributed by atoms with Gasteiger partial charge >= 0.3 is 0 Å². The summed E-state index contributed by atoms with van der Waals surface area (Å²) in [6.07, 6.45) is 1.80. The van der Waals surface area contributed by atoms with E-state index in [1.54, 1.807) is 30.9 Å². The van der Waals surface area contributed by atoms with Gasteiger partial charge in [0, 0.05) is 24.7 Å². The molecule has 0 saturated heterocycles. The minimum Gasteiger partial charge on any atom is -0.339 e. The number of amides is 1. The number of carbonyl (C=O) groups excluding carboxylic acids is 1. The second kappa shape index (κ2) is 8.29. The summed E-state index contributed by atoms with van der Waals surface area (Å²) in [5.41, 5.74) is 0.519. The second-order valence-electron chi connectivity index (χ2n) is 5.59. The molecule has 1 N–H and O–H groups in total. The molecule has 0 aromatic heterocycles. The maximum atomic E-state index is 12.4. The van der Waals surface area contributed by atoms with Crippen molar-refractivity contribution >= 4 is 15.9 Å². The molecule has 124 valence electrons. The highest BCUT2D eigenvalue weighted by Gasteiger charge is 2.18. The first-order valence-corrected chi connectivity index (χ1v) is 9.21. The third kappa shape index (κ3) is 5.10.